The third-order valence-electron chi connectivity index (χ3n) is 2.09. The van der Waals surface area contributed by atoms with E-state index in [2.05, 4.69) is 28.2 Å². The molecule has 78 valence electrons. The van der Waals surface area contributed by atoms with Crippen LogP contribution < -0.4 is 5.32 Å². The minimum Gasteiger partial charge on any atom is -0.394 e. The molecule has 2 N–H and O–H groups in total. The van der Waals surface area contributed by atoms with Gasteiger partial charge in [0, 0.05) is 16.2 Å². The quantitative estimate of drug-likeness (QED) is 0.850. The van der Waals surface area contributed by atoms with Crippen molar-refractivity contribution < 1.29 is 5.11 Å². The highest BCUT2D eigenvalue weighted by molar-refractivity contribution is 9.10. The van der Waals surface area contributed by atoms with Gasteiger partial charge in [-0.15, -0.1) is 0 Å². The predicted octanol–water partition coefficient (Wildman–Crippen LogP) is 3.02. The van der Waals surface area contributed by atoms with E-state index in [1.807, 2.05) is 24.3 Å². The first-order chi connectivity index (χ1) is 6.77. The molecule has 1 aromatic rings. The van der Waals surface area contributed by atoms with Crippen LogP contribution in [0.2, 0.25) is 0 Å². The Balaban J connectivity index is 2.62. The lowest BCUT2D eigenvalue weighted by Gasteiger charge is -2.17. The fourth-order valence-corrected chi connectivity index (χ4v) is 1.75. The van der Waals surface area contributed by atoms with Crippen LogP contribution in [0.25, 0.3) is 0 Å². The van der Waals surface area contributed by atoms with E-state index < -0.39 is 0 Å². The van der Waals surface area contributed by atoms with Gasteiger partial charge in [0.15, 0.2) is 0 Å². The first kappa shape index (κ1) is 11.5. The number of rotatable bonds is 5. The Morgan fingerprint density at radius 1 is 1.43 bits per heavy atom. The van der Waals surface area contributed by atoms with Gasteiger partial charge in [-0.1, -0.05) is 25.5 Å². The molecule has 0 spiro atoms. The molecule has 1 unspecified atom stereocenters. The summed E-state index contributed by atoms with van der Waals surface area (Å²) in [6.45, 7) is 2.29. The molecule has 1 rings (SSSR count). The molecule has 0 aromatic heterocycles. The number of benzene rings is 1. The summed E-state index contributed by atoms with van der Waals surface area (Å²) >= 11 is 3.46. The van der Waals surface area contributed by atoms with Gasteiger partial charge in [0.2, 0.25) is 0 Å². The Kier molecular flexibility index (Phi) is 4.98. The van der Waals surface area contributed by atoms with Crippen molar-refractivity contribution in [2.75, 3.05) is 11.9 Å². The Morgan fingerprint density at radius 2 is 2.14 bits per heavy atom. The van der Waals surface area contributed by atoms with Crippen LogP contribution in [-0.4, -0.2) is 17.8 Å². The Morgan fingerprint density at radius 3 is 2.71 bits per heavy atom. The lowest BCUT2D eigenvalue weighted by Crippen LogP contribution is -2.23. The van der Waals surface area contributed by atoms with E-state index in [1.54, 1.807) is 0 Å². The number of anilines is 1. The van der Waals surface area contributed by atoms with Crippen LogP contribution in [-0.2, 0) is 0 Å². The lowest BCUT2D eigenvalue weighted by molar-refractivity contribution is 0.268. The number of hydrogen-bond acceptors (Lipinski definition) is 2. The van der Waals surface area contributed by atoms with E-state index >= 15 is 0 Å². The van der Waals surface area contributed by atoms with Crippen molar-refractivity contribution in [3.8, 4) is 0 Å². The van der Waals surface area contributed by atoms with E-state index in [0.717, 1.165) is 23.0 Å². The summed E-state index contributed by atoms with van der Waals surface area (Å²) in [6.07, 6.45) is 2.06. The SMILES string of the molecule is CCCC(CO)Nc1ccccc1Br. The van der Waals surface area contributed by atoms with E-state index in [4.69, 9.17) is 5.11 Å². The standard InChI is InChI=1S/C11H16BrNO/c1-2-5-9(8-14)13-11-7-4-3-6-10(11)12/h3-4,6-7,9,13-14H,2,5,8H2,1H3. The third-order valence-corrected chi connectivity index (χ3v) is 2.78. The summed E-state index contributed by atoms with van der Waals surface area (Å²) in [4.78, 5) is 0. The molecule has 0 heterocycles. The molecule has 0 bridgehead atoms. The summed E-state index contributed by atoms with van der Waals surface area (Å²) in [7, 11) is 0. The second kappa shape index (κ2) is 6.04. The zero-order valence-electron chi connectivity index (χ0n) is 8.33. The lowest BCUT2D eigenvalue weighted by atomic mass is 10.1. The van der Waals surface area contributed by atoms with Crippen molar-refractivity contribution in [2.24, 2.45) is 0 Å². The highest BCUT2D eigenvalue weighted by atomic mass is 79.9. The number of aliphatic hydroxyl groups is 1. The molecule has 0 saturated carbocycles. The second-order valence-electron chi connectivity index (χ2n) is 3.29. The van der Waals surface area contributed by atoms with Gasteiger partial charge < -0.3 is 10.4 Å². The summed E-state index contributed by atoms with van der Waals surface area (Å²) in [5, 5.41) is 12.4. The maximum absolute atomic E-state index is 9.13. The van der Waals surface area contributed by atoms with Crippen LogP contribution in [0, 0.1) is 0 Å². The van der Waals surface area contributed by atoms with E-state index in [-0.39, 0.29) is 12.6 Å². The van der Waals surface area contributed by atoms with Crippen molar-refractivity contribution in [2.45, 2.75) is 25.8 Å². The molecule has 0 fully saturated rings. The fraction of sp³-hybridized carbons (Fsp3) is 0.455. The Labute approximate surface area is 93.5 Å². The fourth-order valence-electron chi connectivity index (χ4n) is 1.36. The number of halogens is 1. The van der Waals surface area contributed by atoms with Crippen LogP contribution >= 0.6 is 15.9 Å². The largest absolute Gasteiger partial charge is 0.394 e. The minimum absolute atomic E-state index is 0.152. The zero-order chi connectivity index (χ0) is 10.4. The normalized spacial score (nSPS) is 12.5. The van der Waals surface area contributed by atoms with Crippen LogP contribution in [0.4, 0.5) is 5.69 Å². The molecular formula is C11H16BrNO. The topological polar surface area (TPSA) is 32.3 Å². The molecule has 0 amide bonds. The van der Waals surface area contributed by atoms with E-state index in [1.165, 1.54) is 0 Å². The first-order valence-electron chi connectivity index (χ1n) is 4.89. The Bertz CT molecular complexity index is 278. The van der Waals surface area contributed by atoms with Crippen LogP contribution in [0.15, 0.2) is 28.7 Å². The highest BCUT2D eigenvalue weighted by Gasteiger charge is 2.06. The molecule has 0 aliphatic rings. The van der Waals surface area contributed by atoms with Gasteiger partial charge in [-0.2, -0.15) is 0 Å². The van der Waals surface area contributed by atoms with Crippen LogP contribution in [0.1, 0.15) is 19.8 Å². The second-order valence-corrected chi connectivity index (χ2v) is 4.15. The maximum Gasteiger partial charge on any atom is 0.0632 e. The summed E-state index contributed by atoms with van der Waals surface area (Å²) in [6, 6.07) is 8.10. The molecule has 1 aromatic carbocycles. The molecule has 0 aliphatic heterocycles. The smallest absolute Gasteiger partial charge is 0.0632 e. The number of aliphatic hydroxyl groups excluding tert-OH is 1. The van der Waals surface area contributed by atoms with Gasteiger partial charge in [0.25, 0.3) is 0 Å². The van der Waals surface area contributed by atoms with Crippen molar-refractivity contribution in [1.29, 1.82) is 0 Å². The van der Waals surface area contributed by atoms with Crippen LogP contribution in [0.5, 0.6) is 0 Å². The Hall–Kier alpha value is -0.540. The zero-order valence-corrected chi connectivity index (χ0v) is 9.92. The number of nitrogens with one attached hydrogen (secondary N) is 1. The van der Waals surface area contributed by atoms with Gasteiger partial charge in [-0.25, -0.2) is 0 Å². The van der Waals surface area contributed by atoms with Crippen LogP contribution in [0.3, 0.4) is 0 Å². The van der Waals surface area contributed by atoms with Gasteiger partial charge in [-0.3, -0.25) is 0 Å². The average molecular weight is 258 g/mol. The summed E-state index contributed by atoms with van der Waals surface area (Å²) in [5.41, 5.74) is 1.04. The van der Waals surface area contributed by atoms with Gasteiger partial charge in [0.05, 0.1) is 6.61 Å². The van der Waals surface area contributed by atoms with Gasteiger partial charge in [0.1, 0.15) is 0 Å². The summed E-state index contributed by atoms with van der Waals surface area (Å²) < 4.78 is 1.04. The molecule has 0 aliphatic carbocycles. The molecule has 14 heavy (non-hydrogen) atoms. The molecular weight excluding hydrogens is 242 g/mol. The number of para-hydroxylation sites is 1. The van der Waals surface area contributed by atoms with Crippen molar-refractivity contribution in [3.05, 3.63) is 28.7 Å². The maximum atomic E-state index is 9.13. The van der Waals surface area contributed by atoms with Gasteiger partial charge in [-0.05, 0) is 34.5 Å². The minimum atomic E-state index is 0.152. The first-order valence-corrected chi connectivity index (χ1v) is 5.69. The monoisotopic (exact) mass is 257 g/mol. The molecule has 0 radical (unpaired) electrons. The highest BCUT2D eigenvalue weighted by Crippen LogP contribution is 2.22. The molecule has 1 atom stereocenters. The van der Waals surface area contributed by atoms with Crippen molar-refractivity contribution in [3.63, 3.8) is 0 Å². The molecule has 2 nitrogen and oxygen atoms in total. The van der Waals surface area contributed by atoms with Gasteiger partial charge >= 0.3 is 0 Å². The molecule has 3 heteroatoms. The third kappa shape index (κ3) is 3.31. The number of hydrogen-bond donors (Lipinski definition) is 2. The molecule has 0 saturated heterocycles. The van der Waals surface area contributed by atoms with Crippen molar-refractivity contribution in [1.82, 2.24) is 0 Å². The van der Waals surface area contributed by atoms with E-state index in [9.17, 15) is 0 Å². The van der Waals surface area contributed by atoms with E-state index in [0.29, 0.717) is 0 Å². The average Bonchev–Trinajstić information content (AvgIpc) is 2.20. The summed E-state index contributed by atoms with van der Waals surface area (Å²) in [5.74, 6) is 0. The van der Waals surface area contributed by atoms with Crippen molar-refractivity contribution >= 4 is 21.6 Å². The predicted molar refractivity (Wildman–Crippen MR) is 63.5 cm³/mol.